The number of aliphatic hydroxyl groups is 1. The molecule has 2 rings (SSSR count). The molecule has 2 nitrogen and oxygen atoms in total. The first-order valence-electron chi connectivity index (χ1n) is 6.05. The third-order valence-corrected chi connectivity index (χ3v) is 5.19. The fourth-order valence-electron chi connectivity index (χ4n) is 3.07. The van der Waals surface area contributed by atoms with E-state index in [2.05, 4.69) is 48.6 Å². The van der Waals surface area contributed by atoms with E-state index < -0.39 is 0 Å². The van der Waals surface area contributed by atoms with E-state index in [0.717, 1.165) is 10.2 Å². The summed E-state index contributed by atoms with van der Waals surface area (Å²) in [4.78, 5) is 4.32. The molecule has 1 saturated carbocycles. The number of hydrogen-bond donors (Lipinski definition) is 1. The smallest absolute Gasteiger partial charge is 0.0634 e. The Hall–Kier alpha value is -0.410. The standard InChI is InChI=1S/C14H20BrNO/c1-13(2)12(14(13,3)4)11(17)7-10-6-5-9(15)8-16-10/h5-6,8,11-12,17H,7H2,1-4H3. The largest absolute Gasteiger partial charge is 0.392 e. The number of aromatic nitrogens is 1. The van der Waals surface area contributed by atoms with E-state index in [1.165, 1.54) is 0 Å². The van der Waals surface area contributed by atoms with Gasteiger partial charge in [-0.3, -0.25) is 4.98 Å². The maximum atomic E-state index is 10.3. The van der Waals surface area contributed by atoms with Crippen molar-refractivity contribution in [2.75, 3.05) is 0 Å². The van der Waals surface area contributed by atoms with Crippen molar-refractivity contribution in [3.8, 4) is 0 Å². The fourth-order valence-corrected chi connectivity index (χ4v) is 3.30. The lowest BCUT2D eigenvalue weighted by Crippen LogP contribution is -2.18. The summed E-state index contributed by atoms with van der Waals surface area (Å²) in [5, 5.41) is 10.3. The van der Waals surface area contributed by atoms with E-state index >= 15 is 0 Å². The molecule has 1 atom stereocenters. The molecule has 3 heteroatoms. The molecule has 1 aliphatic carbocycles. The normalized spacial score (nSPS) is 23.4. The van der Waals surface area contributed by atoms with E-state index in [1.807, 2.05) is 12.1 Å². The zero-order chi connectivity index (χ0) is 12.8. The molecule has 1 N–H and O–H groups in total. The number of aliphatic hydroxyl groups excluding tert-OH is 1. The monoisotopic (exact) mass is 297 g/mol. The van der Waals surface area contributed by atoms with Crippen molar-refractivity contribution in [1.29, 1.82) is 0 Å². The van der Waals surface area contributed by atoms with Crippen LogP contribution in [-0.2, 0) is 6.42 Å². The summed E-state index contributed by atoms with van der Waals surface area (Å²) in [6, 6.07) is 3.94. The fraction of sp³-hybridized carbons (Fsp3) is 0.643. The minimum Gasteiger partial charge on any atom is -0.392 e. The number of nitrogens with zero attached hydrogens (tertiary/aromatic N) is 1. The van der Waals surface area contributed by atoms with Gasteiger partial charge in [0, 0.05) is 22.8 Å². The van der Waals surface area contributed by atoms with Gasteiger partial charge in [0.1, 0.15) is 0 Å². The zero-order valence-electron chi connectivity index (χ0n) is 10.9. The first kappa shape index (κ1) is 13.0. The number of halogens is 1. The number of rotatable bonds is 3. The van der Waals surface area contributed by atoms with Crippen molar-refractivity contribution in [2.45, 2.75) is 40.2 Å². The molecule has 0 radical (unpaired) electrons. The molecule has 1 unspecified atom stereocenters. The Kier molecular flexibility index (Phi) is 3.11. The van der Waals surface area contributed by atoms with Gasteiger partial charge in [0.05, 0.1) is 6.10 Å². The highest BCUT2D eigenvalue weighted by Gasteiger charge is 2.66. The topological polar surface area (TPSA) is 33.1 Å². The quantitative estimate of drug-likeness (QED) is 0.927. The minimum atomic E-state index is -0.298. The summed E-state index contributed by atoms with van der Waals surface area (Å²) in [6.07, 6.45) is 2.13. The second-order valence-electron chi connectivity index (χ2n) is 6.16. The molecular weight excluding hydrogens is 278 g/mol. The summed E-state index contributed by atoms with van der Waals surface area (Å²) in [6.45, 7) is 8.93. The summed E-state index contributed by atoms with van der Waals surface area (Å²) >= 11 is 3.36. The molecule has 0 spiro atoms. The number of pyridine rings is 1. The third kappa shape index (κ3) is 2.15. The van der Waals surface area contributed by atoms with Gasteiger partial charge in [-0.25, -0.2) is 0 Å². The van der Waals surface area contributed by atoms with Crippen molar-refractivity contribution in [3.05, 3.63) is 28.5 Å². The van der Waals surface area contributed by atoms with Gasteiger partial charge < -0.3 is 5.11 Å². The van der Waals surface area contributed by atoms with Gasteiger partial charge in [-0.05, 0) is 44.8 Å². The molecule has 0 aliphatic heterocycles. The molecular formula is C14H20BrNO. The highest BCUT2D eigenvalue weighted by atomic mass is 79.9. The van der Waals surface area contributed by atoms with Crippen molar-refractivity contribution >= 4 is 15.9 Å². The Morgan fingerprint density at radius 1 is 1.29 bits per heavy atom. The average Bonchev–Trinajstić information content (AvgIpc) is 2.61. The van der Waals surface area contributed by atoms with Crippen LogP contribution >= 0.6 is 15.9 Å². The van der Waals surface area contributed by atoms with Crippen LogP contribution in [0.1, 0.15) is 33.4 Å². The Morgan fingerprint density at radius 2 is 1.88 bits per heavy atom. The zero-order valence-corrected chi connectivity index (χ0v) is 12.5. The molecule has 1 heterocycles. The van der Waals surface area contributed by atoms with Gasteiger partial charge in [-0.2, -0.15) is 0 Å². The van der Waals surface area contributed by atoms with Crippen LogP contribution in [0.2, 0.25) is 0 Å². The van der Waals surface area contributed by atoms with Crippen molar-refractivity contribution in [1.82, 2.24) is 4.98 Å². The van der Waals surface area contributed by atoms with Crippen LogP contribution in [0.4, 0.5) is 0 Å². The lowest BCUT2D eigenvalue weighted by Gasteiger charge is -2.12. The predicted octanol–water partition coefficient (Wildman–Crippen LogP) is 3.43. The second kappa shape index (κ2) is 4.06. The first-order chi connectivity index (χ1) is 7.76. The van der Waals surface area contributed by atoms with Crippen molar-refractivity contribution < 1.29 is 5.11 Å². The molecule has 94 valence electrons. The van der Waals surface area contributed by atoms with E-state index in [1.54, 1.807) is 6.20 Å². The molecule has 0 amide bonds. The summed E-state index contributed by atoms with van der Waals surface area (Å²) in [7, 11) is 0. The molecule has 0 bridgehead atoms. The highest BCUT2D eigenvalue weighted by molar-refractivity contribution is 9.10. The van der Waals surface area contributed by atoms with Crippen LogP contribution in [0.3, 0.4) is 0 Å². The van der Waals surface area contributed by atoms with Gasteiger partial charge in [0.15, 0.2) is 0 Å². The maximum Gasteiger partial charge on any atom is 0.0634 e. The van der Waals surface area contributed by atoms with Gasteiger partial charge in [-0.15, -0.1) is 0 Å². The Bertz CT molecular complexity index is 397. The van der Waals surface area contributed by atoms with Gasteiger partial charge in [0.25, 0.3) is 0 Å². The van der Waals surface area contributed by atoms with Crippen LogP contribution in [0.5, 0.6) is 0 Å². The summed E-state index contributed by atoms with van der Waals surface area (Å²) in [5.41, 5.74) is 1.41. The van der Waals surface area contributed by atoms with Gasteiger partial charge in [-0.1, -0.05) is 27.7 Å². The summed E-state index contributed by atoms with van der Waals surface area (Å²) in [5.74, 6) is 0.362. The predicted molar refractivity (Wildman–Crippen MR) is 72.7 cm³/mol. The van der Waals surface area contributed by atoms with Crippen LogP contribution in [-0.4, -0.2) is 16.2 Å². The minimum absolute atomic E-state index is 0.224. The summed E-state index contributed by atoms with van der Waals surface area (Å²) < 4.78 is 0.975. The third-order valence-electron chi connectivity index (χ3n) is 4.72. The molecule has 17 heavy (non-hydrogen) atoms. The lowest BCUT2D eigenvalue weighted by atomic mass is 10.0. The van der Waals surface area contributed by atoms with E-state index in [9.17, 15) is 5.11 Å². The SMILES string of the molecule is CC1(C)C(C(O)Cc2ccc(Br)cn2)C1(C)C. The number of hydrogen-bond acceptors (Lipinski definition) is 2. The maximum absolute atomic E-state index is 10.3. The van der Waals surface area contributed by atoms with Crippen LogP contribution < -0.4 is 0 Å². The molecule has 1 aromatic rings. The van der Waals surface area contributed by atoms with E-state index in [0.29, 0.717) is 12.3 Å². The Labute approximate surface area is 112 Å². The molecule has 1 aliphatic rings. The first-order valence-corrected chi connectivity index (χ1v) is 6.84. The van der Waals surface area contributed by atoms with Gasteiger partial charge >= 0.3 is 0 Å². The second-order valence-corrected chi connectivity index (χ2v) is 7.08. The van der Waals surface area contributed by atoms with Crippen LogP contribution in [0.15, 0.2) is 22.8 Å². The highest BCUT2D eigenvalue weighted by Crippen LogP contribution is 2.69. The molecule has 0 aromatic carbocycles. The average molecular weight is 298 g/mol. The van der Waals surface area contributed by atoms with Gasteiger partial charge in [0.2, 0.25) is 0 Å². The van der Waals surface area contributed by atoms with E-state index in [-0.39, 0.29) is 16.9 Å². The van der Waals surface area contributed by atoms with E-state index in [4.69, 9.17) is 0 Å². The van der Waals surface area contributed by atoms with Crippen molar-refractivity contribution in [3.63, 3.8) is 0 Å². The van der Waals surface area contributed by atoms with Crippen molar-refractivity contribution in [2.24, 2.45) is 16.7 Å². The van der Waals surface area contributed by atoms with Crippen LogP contribution in [0, 0.1) is 16.7 Å². The Morgan fingerprint density at radius 3 is 2.29 bits per heavy atom. The Balaban J connectivity index is 2.04. The molecule has 1 fully saturated rings. The molecule has 1 aromatic heterocycles. The van der Waals surface area contributed by atoms with Crippen LogP contribution in [0.25, 0.3) is 0 Å². The lowest BCUT2D eigenvalue weighted by molar-refractivity contribution is 0.128. The molecule has 0 saturated heterocycles.